The summed E-state index contributed by atoms with van der Waals surface area (Å²) in [6.07, 6.45) is 3.66. The van der Waals surface area contributed by atoms with Crippen molar-refractivity contribution in [3.8, 4) is 0 Å². The summed E-state index contributed by atoms with van der Waals surface area (Å²) in [6.45, 7) is 0. The summed E-state index contributed by atoms with van der Waals surface area (Å²) in [5.41, 5.74) is 2.48. The van der Waals surface area contributed by atoms with E-state index in [2.05, 4.69) is 36.4 Å². The zero-order chi connectivity index (χ0) is 13.7. The molecule has 0 fully saturated rings. The number of rotatable bonds is 0. The molecule has 0 saturated carbocycles. The van der Waals surface area contributed by atoms with Gasteiger partial charge in [-0.25, -0.2) is 0 Å². The van der Waals surface area contributed by atoms with Gasteiger partial charge in [-0.3, -0.25) is 10.8 Å². The molecule has 0 aromatic heterocycles. The molecule has 0 heterocycles. The van der Waals surface area contributed by atoms with Crippen LogP contribution < -0.4 is 0 Å². The van der Waals surface area contributed by atoms with Gasteiger partial charge in [0.2, 0.25) is 0 Å². The minimum Gasteiger partial charge on any atom is -0.299 e. The van der Waals surface area contributed by atoms with Crippen molar-refractivity contribution in [2.75, 3.05) is 0 Å². The molecule has 0 amide bonds. The molecule has 0 spiro atoms. The quantitative estimate of drug-likeness (QED) is 0.441. The van der Waals surface area contributed by atoms with Crippen molar-refractivity contribution in [2.24, 2.45) is 0 Å². The summed E-state index contributed by atoms with van der Waals surface area (Å²) in [7, 11) is 0. The molecule has 0 aliphatic heterocycles. The average molecular weight is 359 g/mol. The molecule has 3 heteroatoms. The number of hydrogen-bond donors (Lipinski definition) is 2. The topological polar surface area (TPSA) is 47.7 Å². The van der Waals surface area contributed by atoms with Crippen LogP contribution in [0.1, 0.15) is 11.1 Å². The van der Waals surface area contributed by atoms with Crippen LogP contribution in [-0.4, -0.2) is 11.4 Å². The maximum Gasteiger partial charge on any atom is 2.00 e. The molecule has 1 aliphatic rings. The van der Waals surface area contributed by atoms with Crippen LogP contribution in [0.2, 0.25) is 0 Å². The first-order valence-corrected chi connectivity index (χ1v) is 6.56. The molecule has 0 atom stereocenters. The van der Waals surface area contributed by atoms with E-state index in [4.69, 9.17) is 10.8 Å². The Hall–Kier alpha value is -2.12. The van der Waals surface area contributed by atoms with E-state index in [1.54, 1.807) is 6.08 Å². The minimum atomic E-state index is 0. The van der Waals surface area contributed by atoms with Gasteiger partial charge in [0.05, 0.1) is 11.4 Å². The Balaban J connectivity index is 0.00000132. The molecular weight excluding hydrogens is 347 g/mol. The van der Waals surface area contributed by atoms with E-state index in [9.17, 15) is 0 Å². The van der Waals surface area contributed by atoms with E-state index in [0.29, 0.717) is 5.71 Å². The predicted octanol–water partition coefficient (Wildman–Crippen LogP) is 4.40. The standard InChI is InChI=1S/C18H12N2.Rh/c19-17-10-9-15-14-6-5-11-3-1-2-4-12(11)13(14)7-8-16(15)18(17)20;/h1-10,19-20H;/q;+2. The minimum absolute atomic E-state index is 0. The van der Waals surface area contributed by atoms with Gasteiger partial charge in [0, 0.05) is 5.56 Å². The number of nitrogens with one attached hydrogen (secondary N) is 2. The van der Waals surface area contributed by atoms with E-state index in [1.165, 1.54) is 16.2 Å². The zero-order valence-corrected chi connectivity index (χ0v) is 12.7. The van der Waals surface area contributed by atoms with Crippen LogP contribution in [0.25, 0.3) is 27.6 Å². The van der Waals surface area contributed by atoms with Gasteiger partial charge in [0.25, 0.3) is 0 Å². The van der Waals surface area contributed by atoms with Crippen molar-refractivity contribution < 1.29 is 19.5 Å². The van der Waals surface area contributed by atoms with E-state index in [1.807, 2.05) is 18.2 Å². The van der Waals surface area contributed by atoms with Gasteiger partial charge >= 0.3 is 19.5 Å². The SMILES string of the molecule is N=C1C=Cc2c(ccc3c2ccc2ccccc23)C1=N.[Rh+2]. The van der Waals surface area contributed by atoms with Gasteiger partial charge in [0.1, 0.15) is 0 Å². The smallest absolute Gasteiger partial charge is 0.299 e. The Labute approximate surface area is 135 Å². The van der Waals surface area contributed by atoms with Gasteiger partial charge in [-0.2, -0.15) is 0 Å². The Morgan fingerprint density at radius 3 is 2.29 bits per heavy atom. The first-order valence-electron chi connectivity index (χ1n) is 6.56. The van der Waals surface area contributed by atoms with Gasteiger partial charge in [0.15, 0.2) is 0 Å². The number of allylic oxidation sites excluding steroid dienone is 1. The van der Waals surface area contributed by atoms with E-state index in [0.717, 1.165) is 16.5 Å². The maximum atomic E-state index is 8.04. The van der Waals surface area contributed by atoms with E-state index in [-0.39, 0.29) is 25.2 Å². The number of fused-ring (bicyclic) bond motifs is 5. The van der Waals surface area contributed by atoms with Crippen molar-refractivity contribution in [2.45, 2.75) is 0 Å². The van der Waals surface area contributed by atoms with Crippen LogP contribution in [-0.2, 0) is 19.5 Å². The normalized spacial score (nSPS) is 13.3. The summed E-state index contributed by atoms with van der Waals surface area (Å²) < 4.78 is 0. The summed E-state index contributed by atoms with van der Waals surface area (Å²) in [5, 5.41) is 20.6. The van der Waals surface area contributed by atoms with E-state index >= 15 is 0 Å². The molecule has 2 N–H and O–H groups in total. The number of hydrogen-bond acceptors (Lipinski definition) is 2. The van der Waals surface area contributed by atoms with Crippen molar-refractivity contribution in [3.63, 3.8) is 0 Å². The molecule has 0 bridgehead atoms. The summed E-state index contributed by atoms with van der Waals surface area (Å²) >= 11 is 0. The molecule has 0 saturated heterocycles. The second kappa shape index (κ2) is 5.01. The second-order valence-corrected chi connectivity index (χ2v) is 5.03. The van der Waals surface area contributed by atoms with E-state index < -0.39 is 0 Å². The molecule has 0 unspecified atom stereocenters. The predicted molar refractivity (Wildman–Crippen MR) is 85.0 cm³/mol. The van der Waals surface area contributed by atoms with Crippen molar-refractivity contribution >= 4 is 39.0 Å². The van der Waals surface area contributed by atoms with Crippen molar-refractivity contribution in [1.82, 2.24) is 0 Å². The van der Waals surface area contributed by atoms with Crippen molar-refractivity contribution in [3.05, 3.63) is 65.7 Å². The fourth-order valence-electron chi connectivity index (χ4n) is 2.90. The fourth-order valence-corrected chi connectivity index (χ4v) is 2.90. The first-order chi connectivity index (χ1) is 9.75. The maximum absolute atomic E-state index is 8.04. The molecule has 21 heavy (non-hydrogen) atoms. The third-order valence-electron chi connectivity index (χ3n) is 3.92. The van der Waals surface area contributed by atoms with Crippen LogP contribution in [0.5, 0.6) is 0 Å². The monoisotopic (exact) mass is 359 g/mol. The van der Waals surface area contributed by atoms with Crippen LogP contribution in [0.15, 0.2) is 54.6 Å². The van der Waals surface area contributed by atoms with Crippen LogP contribution in [0, 0.1) is 10.8 Å². The molecule has 101 valence electrons. The van der Waals surface area contributed by atoms with Gasteiger partial charge < -0.3 is 0 Å². The van der Waals surface area contributed by atoms with Gasteiger partial charge in [-0.1, -0.05) is 54.6 Å². The summed E-state index contributed by atoms with van der Waals surface area (Å²) in [5.74, 6) is 0. The summed E-state index contributed by atoms with van der Waals surface area (Å²) in [6, 6.07) is 16.6. The van der Waals surface area contributed by atoms with Crippen LogP contribution in [0.3, 0.4) is 0 Å². The van der Waals surface area contributed by atoms with Crippen molar-refractivity contribution in [1.29, 1.82) is 10.8 Å². The van der Waals surface area contributed by atoms with Crippen LogP contribution in [0.4, 0.5) is 0 Å². The first kappa shape index (κ1) is 13.8. The van der Waals surface area contributed by atoms with Gasteiger partial charge in [-0.15, -0.1) is 0 Å². The average Bonchev–Trinajstić information content (AvgIpc) is 2.50. The molecule has 3 aromatic carbocycles. The van der Waals surface area contributed by atoms with Gasteiger partial charge in [-0.05, 0) is 33.2 Å². The molecule has 1 radical (unpaired) electrons. The second-order valence-electron chi connectivity index (χ2n) is 5.03. The third kappa shape index (κ3) is 1.97. The fraction of sp³-hybridized carbons (Fsp3) is 0. The third-order valence-corrected chi connectivity index (χ3v) is 3.92. The Kier molecular flexibility index (Phi) is 3.31. The molecule has 3 aromatic rings. The zero-order valence-electron chi connectivity index (χ0n) is 11.1. The Morgan fingerprint density at radius 1 is 0.667 bits per heavy atom. The molecule has 4 rings (SSSR count). The summed E-state index contributed by atoms with van der Waals surface area (Å²) in [4.78, 5) is 0. The largest absolute Gasteiger partial charge is 2.00 e. The number of benzene rings is 3. The van der Waals surface area contributed by atoms with Crippen LogP contribution >= 0.6 is 0 Å². The molecule has 2 nitrogen and oxygen atoms in total. The molecule has 1 aliphatic carbocycles. The Bertz CT molecular complexity index is 939. The Morgan fingerprint density at radius 2 is 1.43 bits per heavy atom. The molecular formula is C18H12N2Rh+2.